The maximum absolute atomic E-state index is 14.3. The highest BCUT2D eigenvalue weighted by Crippen LogP contribution is 2.24. The highest BCUT2D eigenvalue weighted by molar-refractivity contribution is 5.72. The highest BCUT2D eigenvalue weighted by atomic mass is 19.1. The topological polar surface area (TPSA) is 74.0 Å². The number of nitrogens with one attached hydrogen (secondary N) is 1. The zero-order valence-electron chi connectivity index (χ0n) is 18.1. The smallest absolute Gasteiger partial charge is 0.330 e. The summed E-state index contributed by atoms with van der Waals surface area (Å²) in [4.78, 5) is 22.3. The first kappa shape index (κ1) is 21.1. The average Bonchev–Trinajstić information content (AvgIpc) is 3.59. The van der Waals surface area contributed by atoms with Gasteiger partial charge in [-0.1, -0.05) is 18.2 Å². The number of methoxy groups -OCH3 is 1. The van der Waals surface area contributed by atoms with Gasteiger partial charge in [-0.05, 0) is 49.1 Å². The first-order chi connectivity index (χ1) is 16.0. The van der Waals surface area contributed by atoms with Crippen molar-refractivity contribution in [2.45, 2.75) is 38.4 Å². The molecule has 7 nitrogen and oxygen atoms in total. The number of ether oxygens (including phenoxy) is 1. The fourth-order valence-electron chi connectivity index (χ4n) is 3.84. The number of hydrogen-bond acceptors (Lipinski definition) is 5. The summed E-state index contributed by atoms with van der Waals surface area (Å²) in [7, 11) is 1.60. The minimum Gasteiger partial charge on any atom is -0.497 e. The van der Waals surface area contributed by atoms with Gasteiger partial charge in [0.2, 0.25) is 5.95 Å². The molecule has 0 unspecified atom stereocenters. The summed E-state index contributed by atoms with van der Waals surface area (Å²) in [6.07, 6.45) is 4.20. The predicted molar refractivity (Wildman–Crippen MR) is 121 cm³/mol. The van der Waals surface area contributed by atoms with Crippen molar-refractivity contribution in [2.24, 2.45) is 0 Å². The zero-order chi connectivity index (χ0) is 22.9. The van der Waals surface area contributed by atoms with Crippen LogP contribution >= 0.6 is 0 Å². The van der Waals surface area contributed by atoms with Crippen LogP contribution < -0.4 is 15.7 Å². The molecule has 0 atom stereocenters. The van der Waals surface area contributed by atoms with Gasteiger partial charge in [-0.3, -0.25) is 9.13 Å². The molecule has 1 aliphatic rings. The Morgan fingerprint density at radius 2 is 1.88 bits per heavy atom. The Morgan fingerprint density at radius 1 is 1.12 bits per heavy atom. The lowest BCUT2D eigenvalue weighted by molar-refractivity contribution is 0.414. The second-order valence-corrected chi connectivity index (χ2v) is 8.14. The third kappa shape index (κ3) is 4.30. The lowest BCUT2D eigenvalue weighted by Gasteiger charge is -2.06. The summed E-state index contributed by atoms with van der Waals surface area (Å²) < 4.78 is 36.8. The van der Waals surface area contributed by atoms with Crippen LogP contribution in [-0.4, -0.2) is 32.3 Å². The number of rotatable bonds is 8. The van der Waals surface area contributed by atoms with Crippen LogP contribution in [0.4, 0.5) is 14.7 Å². The van der Waals surface area contributed by atoms with E-state index in [1.807, 2.05) is 24.3 Å². The SMILES string of the molecule is COc1cccc(CCn2c(=O)n(Cc3c(F)cccc3F)c3cnc(NC4CC4)nc32)c1. The van der Waals surface area contributed by atoms with Gasteiger partial charge < -0.3 is 10.1 Å². The van der Waals surface area contributed by atoms with Crippen LogP contribution in [0, 0.1) is 11.6 Å². The normalized spacial score (nSPS) is 13.4. The third-order valence-corrected chi connectivity index (χ3v) is 5.81. The van der Waals surface area contributed by atoms with Gasteiger partial charge in [0.05, 0.1) is 19.9 Å². The van der Waals surface area contributed by atoms with E-state index in [0.29, 0.717) is 36.1 Å². The van der Waals surface area contributed by atoms with E-state index < -0.39 is 17.3 Å². The van der Waals surface area contributed by atoms with Gasteiger partial charge in [-0.15, -0.1) is 0 Å². The second kappa shape index (κ2) is 8.65. The number of benzene rings is 2. The maximum Gasteiger partial charge on any atom is 0.330 e. The van der Waals surface area contributed by atoms with Gasteiger partial charge in [0, 0.05) is 18.2 Å². The van der Waals surface area contributed by atoms with Crippen LogP contribution in [0.2, 0.25) is 0 Å². The molecule has 1 N–H and O–H groups in total. The number of aromatic nitrogens is 4. The van der Waals surface area contributed by atoms with Crippen molar-refractivity contribution in [1.29, 1.82) is 0 Å². The molecule has 33 heavy (non-hydrogen) atoms. The molecule has 0 spiro atoms. The molecule has 0 radical (unpaired) electrons. The lowest BCUT2D eigenvalue weighted by Crippen LogP contribution is -2.26. The average molecular weight is 451 g/mol. The molecule has 1 fully saturated rings. The quantitative estimate of drug-likeness (QED) is 0.442. The molecular formula is C24H23F2N5O2. The minimum absolute atomic E-state index is 0.174. The standard InChI is InChI=1S/C24H23F2N5O2/c1-33-17-5-2-4-15(12-17)10-11-30-22-21(13-27-23(29-22)28-16-8-9-16)31(24(30)32)14-18-19(25)6-3-7-20(18)26/h2-7,12-13,16H,8-11,14H2,1H3,(H,27,28,29). The molecule has 1 aliphatic carbocycles. The Morgan fingerprint density at radius 3 is 2.61 bits per heavy atom. The van der Waals surface area contributed by atoms with E-state index >= 15 is 0 Å². The molecule has 2 aromatic carbocycles. The summed E-state index contributed by atoms with van der Waals surface area (Å²) in [6, 6.07) is 11.6. The van der Waals surface area contributed by atoms with E-state index in [9.17, 15) is 13.6 Å². The molecule has 2 heterocycles. The molecule has 170 valence electrons. The van der Waals surface area contributed by atoms with Gasteiger partial charge in [-0.2, -0.15) is 4.98 Å². The van der Waals surface area contributed by atoms with E-state index in [2.05, 4.69) is 15.3 Å². The summed E-state index contributed by atoms with van der Waals surface area (Å²) in [6.45, 7) is 0.0912. The number of nitrogens with zero attached hydrogens (tertiary/aromatic N) is 4. The molecule has 0 amide bonds. The maximum atomic E-state index is 14.3. The number of hydrogen-bond donors (Lipinski definition) is 1. The van der Waals surface area contributed by atoms with E-state index in [1.165, 1.54) is 33.5 Å². The number of fused-ring (bicyclic) bond motifs is 1. The van der Waals surface area contributed by atoms with E-state index in [0.717, 1.165) is 24.2 Å². The predicted octanol–water partition coefficient (Wildman–Crippen LogP) is 3.75. The molecular weight excluding hydrogens is 428 g/mol. The third-order valence-electron chi connectivity index (χ3n) is 5.81. The zero-order valence-corrected chi connectivity index (χ0v) is 18.1. The number of halogens is 2. The Labute approximate surface area is 188 Å². The van der Waals surface area contributed by atoms with Crippen LogP contribution in [0.15, 0.2) is 53.5 Å². The second-order valence-electron chi connectivity index (χ2n) is 8.14. The van der Waals surface area contributed by atoms with Crippen molar-refractivity contribution in [1.82, 2.24) is 19.1 Å². The Kier molecular flexibility index (Phi) is 5.53. The van der Waals surface area contributed by atoms with Crippen LogP contribution in [-0.2, 0) is 19.5 Å². The largest absolute Gasteiger partial charge is 0.497 e. The van der Waals surface area contributed by atoms with Crippen LogP contribution in [0.5, 0.6) is 5.75 Å². The Bertz CT molecular complexity index is 1360. The van der Waals surface area contributed by atoms with E-state index in [-0.39, 0.29) is 12.1 Å². The van der Waals surface area contributed by atoms with Crippen molar-refractivity contribution in [3.63, 3.8) is 0 Å². The molecule has 4 aromatic rings. The number of aryl methyl sites for hydroxylation is 2. The fraction of sp³-hybridized carbons (Fsp3) is 0.292. The van der Waals surface area contributed by atoms with E-state index in [1.54, 1.807) is 7.11 Å². The molecule has 9 heteroatoms. The Hall–Kier alpha value is -3.75. The van der Waals surface area contributed by atoms with Gasteiger partial charge in [0.1, 0.15) is 22.9 Å². The van der Waals surface area contributed by atoms with Crippen molar-refractivity contribution in [3.8, 4) is 5.75 Å². The van der Waals surface area contributed by atoms with Crippen molar-refractivity contribution >= 4 is 17.1 Å². The number of anilines is 1. The van der Waals surface area contributed by atoms with Crippen LogP contribution in [0.25, 0.3) is 11.2 Å². The summed E-state index contributed by atoms with van der Waals surface area (Å²) in [5, 5.41) is 3.24. The summed E-state index contributed by atoms with van der Waals surface area (Å²) in [5.41, 5.74) is 1.28. The molecule has 1 saturated carbocycles. The molecule has 2 aromatic heterocycles. The van der Waals surface area contributed by atoms with E-state index in [4.69, 9.17) is 4.74 Å². The fourth-order valence-corrected chi connectivity index (χ4v) is 3.84. The van der Waals surface area contributed by atoms with Crippen molar-refractivity contribution < 1.29 is 13.5 Å². The Balaban J connectivity index is 1.55. The molecule has 5 rings (SSSR count). The summed E-state index contributed by atoms with van der Waals surface area (Å²) >= 11 is 0. The monoisotopic (exact) mass is 451 g/mol. The van der Waals surface area contributed by atoms with Gasteiger partial charge in [0.25, 0.3) is 0 Å². The van der Waals surface area contributed by atoms with Crippen molar-refractivity contribution in [2.75, 3.05) is 12.4 Å². The van der Waals surface area contributed by atoms with Gasteiger partial charge in [0.15, 0.2) is 5.65 Å². The summed E-state index contributed by atoms with van der Waals surface area (Å²) in [5.74, 6) is -0.232. The minimum atomic E-state index is -0.702. The first-order valence-electron chi connectivity index (χ1n) is 10.8. The molecule has 0 saturated heterocycles. The van der Waals surface area contributed by atoms with Crippen molar-refractivity contribution in [3.05, 3.63) is 81.9 Å². The molecule has 0 aliphatic heterocycles. The molecule has 0 bridgehead atoms. The first-order valence-corrected chi connectivity index (χ1v) is 10.8. The van der Waals surface area contributed by atoms with Crippen LogP contribution in [0.1, 0.15) is 24.0 Å². The highest BCUT2D eigenvalue weighted by Gasteiger charge is 2.23. The van der Waals surface area contributed by atoms with Crippen LogP contribution in [0.3, 0.4) is 0 Å². The van der Waals surface area contributed by atoms with Gasteiger partial charge in [-0.25, -0.2) is 18.6 Å². The van der Waals surface area contributed by atoms with Gasteiger partial charge >= 0.3 is 5.69 Å². The number of imidazole rings is 1. The lowest BCUT2D eigenvalue weighted by atomic mass is 10.1.